The molecule has 0 aromatic rings. The second kappa shape index (κ2) is 9.35. The van der Waals surface area contributed by atoms with Crippen molar-refractivity contribution in [3.8, 4) is 0 Å². The first-order chi connectivity index (χ1) is 10.1. The van der Waals surface area contributed by atoms with Crippen molar-refractivity contribution in [2.24, 2.45) is 0 Å². The summed E-state index contributed by atoms with van der Waals surface area (Å²) < 4.78 is 15.3. The van der Waals surface area contributed by atoms with Gasteiger partial charge in [-0.05, 0) is 26.2 Å². The third-order valence-electron chi connectivity index (χ3n) is 3.71. The summed E-state index contributed by atoms with van der Waals surface area (Å²) in [5.41, 5.74) is -0.670. The van der Waals surface area contributed by atoms with Gasteiger partial charge < -0.3 is 14.2 Å². The van der Waals surface area contributed by atoms with Crippen LogP contribution in [0.3, 0.4) is 0 Å². The van der Waals surface area contributed by atoms with Gasteiger partial charge >= 0.3 is 5.97 Å². The van der Waals surface area contributed by atoms with Crippen LogP contribution in [0.5, 0.6) is 0 Å². The molecule has 0 aromatic heterocycles. The van der Waals surface area contributed by atoms with Crippen molar-refractivity contribution < 1.29 is 19.0 Å². The van der Waals surface area contributed by atoms with Gasteiger partial charge in [0, 0.05) is 46.5 Å². The molecule has 0 saturated heterocycles. The van der Waals surface area contributed by atoms with Gasteiger partial charge in [0.1, 0.15) is 5.54 Å². The molecule has 0 spiro atoms. The highest BCUT2D eigenvalue weighted by atomic mass is 16.5. The van der Waals surface area contributed by atoms with E-state index >= 15 is 0 Å². The topological polar surface area (TPSA) is 60.0 Å². The molecule has 1 aliphatic carbocycles. The number of hydrogen-bond acceptors (Lipinski definition) is 6. The molecule has 6 heteroatoms. The molecule has 0 aromatic carbocycles. The minimum atomic E-state index is -0.670. The fraction of sp³-hybridized carbons (Fsp3) is 0.933. The lowest BCUT2D eigenvalue weighted by Gasteiger charge is -2.34. The number of rotatable bonds is 12. The van der Waals surface area contributed by atoms with E-state index in [9.17, 15) is 4.79 Å². The predicted molar refractivity (Wildman–Crippen MR) is 81.4 cm³/mol. The maximum atomic E-state index is 12.2. The summed E-state index contributed by atoms with van der Waals surface area (Å²) in [6.45, 7) is 5.56. The number of nitrogens with zero attached hydrogens (tertiary/aromatic N) is 1. The van der Waals surface area contributed by atoms with Crippen LogP contribution >= 0.6 is 0 Å². The van der Waals surface area contributed by atoms with E-state index < -0.39 is 5.54 Å². The maximum absolute atomic E-state index is 12.2. The molecule has 1 atom stereocenters. The lowest BCUT2D eigenvalue weighted by Crippen LogP contribution is -2.58. The van der Waals surface area contributed by atoms with Gasteiger partial charge in [0.05, 0.1) is 13.7 Å². The van der Waals surface area contributed by atoms with Gasteiger partial charge in [-0.25, -0.2) is 0 Å². The first-order valence-electron chi connectivity index (χ1n) is 7.62. The summed E-state index contributed by atoms with van der Waals surface area (Å²) >= 11 is 0. The van der Waals surface area contributed by atoms with Crippen LogP contribution in [0, 0.1) is 0 Å². The second-order valence-corrected chi connectivity index (χ2v) is 5.86. The van der Waals surface area contributed by atoms with Crippen LogP contribution in [0.4, 0.5) is 0 Å². The standard InChI is InChI=1S/C15H30N2O4/c1-15(14(18)21-4,16-13-6-7-13)12-17(9-11-20-3)8-5-10-19-2/h13,16H,5-12H2,1-4H3. The zero-order valence-electron chi connectivity index (χ0n) is 13.8. The lowest BCUT2D eigenvalue weighted by molar-refractivity contribution is -0.149. The van der Waals surface area contributed by atoms with E-state index in [4.69, 9.17) is 14.2 Å². The number of carbonyl (C=O) groups excluding carboxylic acids is 1. The van der Waals surface area contributed by atoms with Gasteiger partial charge in [0.25, 0.3) is 0 Å². The summed E-state index contributed by atoms with van der Waals surface area (Å²) in [6.07, 6.45) is 3.20. The van der Waals surface area contributed by atoms with Crippen molar-refractivity contribution in [3.63, 3.8) is 0 Å². The van der Waals surface area contributed by atoms with E-state index in [2.05, 4.69) is 10.2 Å². The van der Waals surface area contributed by atoms with Crippen molar-refractivity contribution in [2.45, 2.75) is 37.8 Å². The van der Waals surface area contributed by atoms with Crippen LogP contribution < -0.4 is 5.32 Å². The fourth-order valence-electron chi connectivity index (χ4n) is 2.44. The molecule has 1 aliphatic rings. The predicted octanol–water partition coefficient (Wildman–Crippen LogP) is 0.655. The normalized spacial score (nSPS) is 17.8. The fourth-order valence-corrected chi connectivity index (χ4v) is 2.44. The average molecular weight is 302 g/mol. The van der Waals surface area contributed by atoms with Crippen molar-refractivity contribution in [3.05, 3.63) is 0 Å². The molecule has 1 saturated carbocycles. The minimum Gasteiger partial charge on any atom is -0.468 e. The smallest absolute Gasteiger partial charge is 0.327 e. The highest BCUT2D eigenvalue weighted by Crippen LogP contribution is 2.23. The van der Waals surface area contributed by atoms with Crippen molar-refractivity contribution >= 4 is 5.97 Å². The van der Waals surface area contributed by atoms with E-state index in [1.165, 1.54) is 7.11 Å². The summed E-state index contributed by atoms with van der Waals surface area (Å²) in [5.74, 6) is -0.205. The van der Waals surface area contributed by atoms with Crippen LogP contribution in [-0.4, -0.2) is 76.6 Å². The van der Waals surface area contributed by atoms with Crippen LogP contribution in [-0.2, 0) is 19.0 Å². The van der Waals surface area contributed by atoms with E-state index in [1.807, 2.05) is 6.92 Å². The van der Waals surface area contributed by atoms with E-state index in [-0.39, 0.29) is 5.97 Å². The van der Waals surface area contributed by atoms with Gasteiger partial charge in [-0.2, -0.15) is 0 Å². The Hall–Kier alpha value is -0.690. The Morgan fingerprint density at radius 1 is 1.19 bits per heavy atom. The van der Waals surface area contributed by atoms with Crippen LogP contribution in [0.1, 0.15) is 26.2 Å². The first kappa shape index (κ1) is 18.4. The summed E-state index contributed by atoms with van der Waals surface area (Å²) in [7, 11) is 4.83. The molecular formula is C15H30N2O4. The molecule has 1 rings (SSSR count). The van der Waals surface area contributed by atoms with Gasteiger partial charge in [-0.1, -0.05) is 0 Å². The highest BCUT2D eigenvalue weighted by molar-refractivity contribution is 5.80. The summed E-state index contributed by atoms with van der Waals surface area (Å²) in [5, 5.41) is 3.43. The first-order valence-corrected chi connectivity index (χ1v) is 7.62. The molecule has 6 nitrogen and oxygen atoms in total. The Morgan fingerprint density at radius 3 is 2.38 bits per heavy atom. The Bertz CT molecular complexity index is 310. The number of ether oxygens (including phenoxy) is 3. The quantitative estimate of drug-likeness (QED) is 0.422. The monoisotopic (exact) mass is 302 g/mol. The second-order valence-electron chi connectivity index (χ2n) is 5.86. The number of methoxy groups -OCH3 is 3. The number of nitrogens with one attached hydrogen (secondary N) is 1. The maximum Gasteiger partial charge on any atom is 0.327 e. The third-order valence-corrected chi connectivity index (χ3v) is 3.71. The number of esters is 1. The Labute approximate surface area is 128 Å². The molecule has 21 heavy (non-hydrogen) atoms. The molecule has 0 radical (unpaired) electrons. The van der Waals surface area contributed by atoms with Crippen LogP contribution in [0.15, 0.2) is 0 Å². The number of hydrogen-bond donors (Lipinski definition) is 1. The zero-order chi connectivity index (χ0) is 15.7. The van der Waals surface area contributed by atoms with Crippen molar-refractivity contribution in [1.82, 2.24) is 10.2 Å². The van der Waals surface area contributed by atoms with Gasteiger partial charge in [0.15, 0.2) is 0 Å². The average Bonchev–Trinajstić information content (AvgIpc) is 3.27. The van der Waals surface area contributed by atoms with E-state index in [1.54, 1.807) is 14.2 Å². The van der Waals surface area contributed by atoms with Crippen molar-refractivity contribution in [2.75, 3.05) is 54.2 Å². The number of carbonyl (C=O) groups is 1. The molecule has 124 valence electrons. The van der Waals surface area contributed by atoms with Gasteiger partial charge in [-0.3, -0.25) is 15.0 Å². The minimum absolute atomic E-state index is 0.205. The summed E-state index contributed by atoms with van der Waals surface area (Å²) in [6, 6.07) is 0.442. The molecule has 1 N–H and O–H groups in total. The Kier molecular flexibility index (Phi) is 8.18. The SMILES string of the molecule is COCCCN(CCOC)CC(C)(NC1CC1)C(=O)OC. The van der Waals surface area contributed by atoms with Gasteiger partial charge in [-0.15, -0.1) is 0 Å². The van der Waals surface area contributed by atoms with Crippen LogP contribution in [0.2, 0.25) is 0 Å². The zero-order valence-corrected chi connectivity index (χ0v) is 13.8. The highest BCUT2D eigenvalue weighted by Gasteiger charge is 2.40. The Balaban J connectivity index is 2.61. The molecule has 0 bridgehead atoms. The van der Waals surface area contributed by atoms with E-state index in [0.29, 0.717) is 25.8 Å². The molecule has 0 amide bonds. The largest absolute Gasteiger partial charge is 0.468 e. The Morgan fingerprint density at radius 2 is 1.86 bits per heavy atom. The van der Waals surface area contributed by atoms with Crippen LogP contribution in [0.25, 0.3) is 0 Å². The molecule has 1 fully saturated rings. The van der Waals surface area contributed by atoms with E-state index in [0.717, 1.165) is 32.4 Å². The molecule has 0 aliphatic heterocycles. The molecule has 1 unspecified atom stereocenters. The molecule has 0 heterocycles. The van der Waals surface area contributed by atoms with Gasteiger partial charge in [0.2, 0.25) is 0 Å². The third kappa shape index (κ3) is 6.74. The lowest BCUT2D eigenvalue weighted by atomic mass is 10.0. The van der Waals surface area contributed by atoms with Crippen molar-refractivity contribution in [1.29, 1.82) is 0 Å². The summed E-state index contributed by atoms with van der Waals surface area (Å²) in [4.78, 5) is 14.4. The molecular weight excluding hydrogens is 272 g/mol.